The molecule has 1 aromatic rings. The topological polar surface area (TPSA) is 51.7 Å². The Balaban J connectivity index is 2.64. The summed E-state index contributed by atoms with van der Waals surface area (Å²) in [6.45, 7) is 2.14. The van der Waals surface area contributed by atoms with Crippen LogP contribution in [0, 0.1) is 0 Å². The fourth-order valence-corrected chi connectivity index (χ4v) is 1.39. The molecule has 0 aromatic carbocycles. The van der Waals surface area contributed by atoms with Crippen molar-refractivity contribution in [3.05, 3.63) is 30.1 Å². The third kappa shape index (κ3) is 4.50. The molecule has 0 aliphatic rings. The molecule has 1 aromatic heterocycles. The maximum atomic E-state index is 12.1. The van der Waals surface area contributed by atoms with Crippen LogP contribution in [0.25, 0.3) is 0 Å². The van der Waals surface area contributed by atoms with Crippen molar-refractivity contribution in [3.8, 4) is 0 Å². The molecule has 94 valence electrons. The first-order valence-corrected chi connectivity index (χ1v) is 5.46. The average molecular weight is 238 g/mol. The molecule has 0 unspecified atom stereocenters. The van der Waals surface area contributed by atoms with Crippen LogP contribution < -0.4 is 0 Å². The molecule has 0 saturated carbocycles. The second-order valence-electron chi connectivity index (χ2n) is 3.51. The number of nitrogens with zero attached hydrogens (tertiary/aromatic N) is 2. The minimum absolute atomic E-state index is 0.0264. The van der Waals surface area contributed by atoms with Gasteiger partial charge in [0.15, 0.2) is 0 Å². The molecule has 5 nitrogen and oxygen atoms in total. The lowest BCUT2D eigenvalue weighted by molar-refractivity contribution is 0.0627. The van der Waals surface area contributed by atoms with E-state index in [1.54, 1.807) is 43.6 Å². The number of carbonyl (C=O) groups excluding carboxylic acids is 1. The Morgan fingerprint density at radius 2 is 1.71 bits per heavy atom. The molecule has 0 N–H and O–H groups in total. The SMILES string of the molecule is COCCN(CCOC)C(=O)c1ccncc1. The van der Waals surface area contributed by atoms with Crippen LogP contribution >= 0.6 is 0 Å². The van der Waals surface area contributed by atoms with E-state index in [4.69, 9.17) is 9.47 Å². The normalized spacial score (nSPS) is 10.2. The van der Waals surface area contributed by atoms with Crippen LogP contribution in [0.15, 0.2) is 24.5 Å². The van der Waals surface area contributed by atoms with Gasteiger partial charge in [-0.3, -0.25) is 9.78 Å². The van der Waals surface area contributed by atoms with Gasteiger partial charge >= 0.3 is 0 Å². The monoisotopic (exact) mass is 238 g/mol. The Kier molecular flexibility index (Phi) is 6.21. The largest absolute Gasteiger partial charge is 0.383 e. The molecule has 17 heavy (non-hydrogen) atoms. The van der Waals surface area contributed by atoms with E-state index in [-0.39, 0.29) is 5.91 Å². The van der Waals surface area contributed by atoms with Gasteiger partial charge < -0.3 is 14.4 Å². The molecule has 1 heterocycles. The second kappa shape index (κ2) is 7.76. The first kappa shape index (κ1) is 13.6. The first-order chi connectivity index (χ1) is 8.29. The van der Waals surface area contributed by atoms with Crippen molar-refractivity contribution < 1.29 is 14.3 Å². The Hall–Kier alpha value is -1.46. The van der Waals surface area contributed by atoms with E-state index < -0.39 is 0 Å². The standard InChI is InChI=1S/C12H18N2O3/c1-16-9-7-14(8-10-17-2)12(15)11-3-5-13-6-4-11/h3-6H,7-10H2,1-2H3. The van der Waals surface area contributed by atoms with Crippen LogP contribution in [-0.2, 0) is 9.47 Å². The summed E-state index contributed by atoms with van der Waals surface area (Å²) in [5, 5.41) is 0. The van der Waals surface area contributed by atoms with Crippen molar-refractivity contribution in [1.82, 2.24) is 9.88 Å². The number of methoxy groups -OCH3 is 2. The zero-order valence-corrected chi connectivity index (χ0v) is 10.3. The lowest BCUT2D eigenvalue weighted by Crippen LogP contribution is -2.36. The lowest BCUT2D eigenvalue weighted by atomic mass is 10.2. The lowest BCUT2D eigenvalue weighted by Gasteiger charge is -2.21. The third-order valence-electron chi connectivity index (χ3n) is 2.35. The maximum Gasteiger partial charge on any atom is 0.254 e. The third-order valence-corrected chi connectivity index (χ3v) is 2.35. The molecular formula is C12H18N2O3. The molecule has 0 saturated heterocycles. The Bertz CT molecular complexity index is 322. The number of amides is 1. The molecule has 0 fully saturated rings. The zero-order valence-electron chi connectivity index (χ0n) is 10.3. The van der Waals surface area contributed by atoms with Gasteiger partial charge in [0.25, 0.3) is 5.91 Å². The zero-order chi connectivity index (χ0) is 12.5. The predicted molar refractivity (Wildman–Crippen MR) is 63.9 cm³/mol. The van der Waals surface area contributed by atoms with E-state index >= 15 is 0 Å². The van der Waals surface area contributed by atoms with Crippen LogP contribution in [-0.4, -0.2) is 56.3 Å². The van der Waals surface area contributed by atoms with Crippen molar-refractivity contribution in [2.24, 2.45) is 0 Å². The number of ether oxygens (including phenoxy) is 2. The first-order valence-electron chi connectivity index (χ1n) is 5.46. The van der Waals surface area contributed by atoms with E-state index in [1.165, 1.54) is 0 Å². The van der Waals surface area contributed by atoms with E-state index in [0.717, 1.165) is 0 Å². The highest BCUT2D eigenvalue weighted by atomic mass is 16.5. The molecule has 0 bridgehead atoms. The summed E-state index contributed by atoms with van der Waals surface area (Å²) in [4.78, 5) is 17.7. The Labute approximate surface area is 101 Å². The molecule has 0 atom stereocenters. The molecule has 5 heteroatoms. The van der Waals surface area contributed by atoms with Gasteiger partial charge in [0, 0.05) is 45.3 Å². The molecule has 1 amide bonds. The van der Waals surface area contributed by atoms with Crippen LogP contribution in [0.2, 0.25) is 0 Å². The van der Waals surface area contributed by atoms with Crippen LogP contribution in [0.5, 0.6) is 0 Å². The summed E-state index contributed by atoms with van der Waals surface area (Å²) in [6.07, 6.45) is 3.22. The molecular weight excluding hydrogens is 220 g/mol. The van der Waals surface area contributed by atoms with Crippen LogP contribution in [0.1, 0.15) is 10.4 Å². The minimum atomic E-state index is -0.0264. The van der Waals surface area contributed by atoms with Crippen molar-refractivity contribution >= 4 is 5.91 Å². The van der Waals surface area contributed by atoms with E-state index in [1.807, 2.05) is 0 Å². The van der Waals surface area contributed by atoms with Crippen LogP contribution in [0.3, 0.4) is 0 Å². The number of aromatic nitrogens is 1. The molecule has 0 aliphatic carbocycles. The summed E-state index contributed by atoms with van der Waals surface area (Å²) >= 11 is 0. The molecule has 0 aliphatic heterocycles. The summed E-state index contributed by atoms with van der Waals surface area (Å²) in [5.74, 6) is -0.0264. The number of hydrogen-bond acceptors (Lipinski definition) is 4. The van der Waals surface area contributed by atoms with Gasteiger partial charge in [-0.1, -0.05) is 0 Å². The summed E-state index contributed by atoms with van der Waals surface area (Å²) in [7, 11) is 3.23. The molecule has 0 spiro atoms. The average Bonchev–Trinajstić information content (AvgIpc) is 2.39. The summed E-state index contributed by atoms with van der Waals surface area (Å²) < 4.78 is 9.98. The fraction of sp³-hybridized carbons (Fsp3) is 0.500. The van der Waals surface area contributed by atoms with E-state index in [0.29, 0.717) is 31.9 Å². The predicted octanol–water partition coefficient (Wildman–Crippen LogP) is 0.817. The molecule has 0 radical (unpaired) electrons. The maximum absolute atomic E-state index is 12.1. The van der Waals surface area contributed by atoms with Crippen molar-refractivity contribution in [2.75, 3.05) is 40.5 Å². The highest BCUT2D eigenvalue weighted by Crippen LogP contribution is 2.03. The van der Waals surface area contributed by atoms with Crippen molar-refractivity contribution in [2.45, 2.75) is 0 Å². The van der Waals surface area contributed by atoms with Crippen LogP contribution in [0.4, 0.5) is 0 Å². The van der Waals surface area contributed by atoms with Gasteiger partial charge in [-0.15, -0.1) is 0 Å². The number of carbonyl (C=O) groups is 1. The fourth-order valence-electron chi connectivity index (χ4n) is 1.39. The van der Waals surface area contributed by atoms with E-state index in [9.17, 15) is 4.79 Å². The number of rotatable bonds is 7. The number of pyridine rings is 1. The number of hydrogen-bond donors (Lipinski definition) is 0. The van der Waals surface area contributed by atoms with Crippen molar-refractivity contribution in [3.63, 3.8) is 0 Å². The van der Waals surface area contributed by atoms with Gasteiger partial charge in [-0.2, -0.15) is 0 Å². The summed E-state index contributed by atoms with van der Waals surface area (Å²) in [5.41, 5.74) is 0.632. The van der Waals surface area contributed by atoms with Gasteiger partial charge in [0.1, 0.15) is 0 Å². The van der Waals surface area contributed by atoms with Gasteiger partial charge in [-0.05, 0) is 12.1 Å². The minimum Gasteiger partial charge on any atom is -0.383 e. The molecule has 1 rings (SSSR count). The second-order valence-corrected chi connectivity index (χ2v) is 3.51. The van der Waals surface area contributed by atoms with Gasteiger partial charge in [-0.25, -0.2) is 0 Å². The quantitative estimate of drug-likeness (QED) is 0.705. The van der Waals surface area contributed by atoms with Gasteiger partial charge in [0.05, 0.1) is 13.2 Å². The Morgan fingerprint density at radius 3 is 2.18 bits per heavy atom. The van der Waals surface area contributed by atoms with Crippen molar-refractivity contribution in [1.29, 1.82) is 0 Å². The highest BCUT2D eigenvalue weighted by molar-refractivity contribution is 5.94. The Morgan fingerprint density at radius 1 is 1.18 bits per heavy atom. The summed E-state index contributed by atoms with van der Waals surface area (Å²) in [6, 6.07) is 3.41. The van der Waals surface area contributed by atoms with Gasteiger partial charge in [0.2, 0.25) is 0 Å². The van der Waals surface area contributed by atoms with E-state index in [2.05, 4.69) is 4.98 Å². The highest BCUT2D eigenvalue weighted by Gasteiger charge is 2.14. The smallest absolute Gasteiger partial charge is 0.254 e.